The zero-order chi connectivity index (χ0) is 18.1. The number of hydrogen-bond donors (Lipinski definition) is 4. The number of thioether (sulfide) groups is 1. The Bertz CT molecular complexity index is 488. The van der Waals surface area contributed by atoms with Gasteiger partial charge in [0.1, 0.15) is 12.1 Å². The lowest BCUT2D eigenvalue weighted by atomic mass is 10.2. The van der Waals surface area contributed by atoms with Crippen molar-refractivity contribution in [1.29, 1.82) is 0 Å². The number of nitrogens with two attached hydrogens (primary N) is 1. The highest BCUT2D eigenvalue weighted by molar-refractivity contribution is 7.98. The zero-order valence-corrected chi connectivity index (χ0v) is 14.4. The van der Waals surface area contributed by atoms with Crippen LogP contribution in [0, 0.1) is 0 Å². The summed E-state index contributed by atoms with van der Waals surface area (Å²) >= 11 is 1.53. The Morgan fingerprint density at radius 3 is 2.67 bits per heavy atom. The van der Waals surface area contributed by atoms with Crippen molar-refractivity contribution in [1.82, 2.24) is 15.5 Å². The van der Waals surface area contributed by atoms with Crippen molar-refractivity contribution in [3.8, 4) is 0 Å². The number of nitrogens with zero attached hydrogens (tertiary/aromatic N) is 1. The van der Waals surface area contributed by atoms with Crippen molar-refractivity contribution in [2.24, 2.45) is 5.73 Å². The van der Waals surface area contributed by atoms with E-state index in [-0.39, 0.29) is 13.1 Å². The first-order valence-electron chi connectivity index (χ1n) is 7.69. The van der Waals surface area contributed by atoms with Gasteiger partial charge in [-0.3, -0.25) is 14.4 Å². The molecule has 0 aromatic carbocycles. The number of nitrogens with one attached hydrogen (secondary N) is 2. The molecule has 1 fully saturated rings. The van der Waals surface area contributed by atoms with Crippen LogP contribution in [0.2, 0.25) is 0 Å². The second kappa shape index (κ2) is 10.1. The van der Waals surface area contributed by atoms with E-state index in [1.165, 1.54) is 16.7 Å². The number of aliphatic carboxylic acids is 1. The zero-order valence-electron chi connectivity index (χ0n) is 13.6. The lowest BCUT2D eigenvalue weighted by Crippen LogP contribution is -2.51. The molecule has 2 unspecified atom stereocenters. The number of likely N-dealkylation sites (tertiary alicyclic amines) is 1. The SMILES string of the molecule is CSCCC(NC(=O)CN)C(=O)NCC(=O)N1CCCC1C(=O)O. The largest absolute Gasteiger partial charge is 0.480 e. The monoisotopic (exact) mass is 360 g/mol. The van der Waals surface area contributed by atoms with Crippen LogP contribution in [0.4, 0.5) is 0 Å². The molecular weight excluding hydrogens is 336 g/mol. The summed E-state index contributed by atoms with van der Waals surface area (Å²) in [6, 6.07) is -1.60. The quantitative estimate of drug-likeness (QED) is 0.387. The molecule has 1 aliphatic rings. The molecule has 1 heterocycles. The summed E-state index contributed by atoms with van der Waals surface area (Å²) in [7, 11) is 0. The Morgan fingerprint density at radius 1 is 1.38 bits per heavy atom. The molecule has 1 aliphatic heterocycles. The van der Waals surface area contributed by atoms with Crippen LogP contribution in [0.25, 0.3) is 0 Å². The Hall–Kier alpha value is -1.81. The fourth-order valence-electron chi connectivity index (χ4n) is 2.47. The molecule has 0 saturated carbocycles. The van der Waals surface area contributed by atoms with Gasteiger partial charge in [0.2, 0.25) is 17.7 Å². The number of carboxylic acid groups (broad SMARTS) is 1. The van der Waals surface area contributed by atoms with E-state index >= 15 is 0 Å². The van der Waals surface area contributed by atoms with E-state index in [2.05, 4.69) is 10.6 Å². The first-order chi connectivity index (χ1) is 11.4. The average Bonchev–Trinajstić information content (AvgIpc) is 3.05. The lowest BCUT2D eigenvalue weighted by molar-refractivity contribution is -0.148. The molecule has 5 N–H and O–H groups in total. The molecular formula is C14H24N4O5S. The third-order valence-electron chi connectivity index (χ3n) is 3.72. The van der Waals surface area contributed by atoms with Crippen molar-refractivity contribution in [3.63, 3.8) is 0 Å². The highest BCUT2D eigenvalue weighted by Gasteiger charge is 2.34. The highest BCUT2D eigenvalue weighted by atomic mass is 32.2. The number of rotatable bonds is 9. The van der Waals surface area contributed by atoms with Crippen molar-refractivity contribution in [2.45, 2.75) is 31.3 Å². The van der Waals surface area contributed by atoms with Crippen LogP contribution in [-0.2, 0) is 19.2 Å². The fraction of sp³-hybridized carbons (Fsp3) is 0.714. The maximum Gasteiger partial charge on any atom is 0.326 e. The molecule has 136 valence electrons. The topological polar surface area (TPSA) is 142 Å². The number of carbonyl (C=O) groups is 4. The van der Waals surface area contributed by atoms with E-state index in [0.29, 0.717) is 31.6 Å². The highest BCUT2D eigenvalue weighted by Crippen LogP contribution is 2.17. The average molecular weight is 360 g/mol. The van der Waals surface area contributed by atoms with Gasteiger partial charge in [0, 0.05) is 6.54 Å². The van der Waals surface area contributed by atoms with Gasteiger partial charge in [-0.25, -0.2) is 4.79 Å². The standard InChI is InChI=1S/C14H24N4O5S/c1-24-6-4-9(17-11(19)7-15)13(21)16-8-12(20)18-5-2-3-10(18)14(22)23/h9-10H,2-8,15H2,1H3,(H,16,21)(H,17,19)(H,22,23). The van der Waals surface area contributed by atoms with E-state index in [0.717, 1.165) is 0 Å². The summed E-state index contributed by atoms with van der Waals surface area (Å²) in [4.78, 5) is 48.0. The van der Waals surface area contributed by atoms with Crippen LogP contribution in [0.15, 0.2) is 0 Å². The number of carbonyl (C=O) groups excluding carboxylic acids is 3. The van der Waals surface area contributed by atoms with Crippen molar-refractivity contribution >= 4 is 35.5 Å². The Labute approximate surface area is 144 Å². The summed E-state index contributed by atoms with van der Waals surface area (Å²) in [6.45, 7) is -0.154. The second-order valence-corrected chi connectivity index (χ2v) is 6.39. The summed E-state index contributed by atoms with van der Waals surface area (Å²) in [5.41, 5.74) is 5.23. The molecule has 9 nitrogen and oxygen atoms in total. The Balaban J connectivity index is 2.55. The van der Waals surface area contributed by atoms with Crippen LogP contribution >= 0.6 is 11.8 Å². The number of hydrogen-bond acceptors (Lipinski definition) is 6. The van der Waals surface area contributed by atoms with Gasteiger partial charge in [-0.05, 0) is 31.3 Å². The van der Waals surface area contributed by atoms with E-state index in [1.54, 1.807) is 0 Å². The van der Waals surface area contributed by atoms with Gasteiger partial charge in [-0.1, -0.05) is 0 Å². The normalized spacial score (nSPS) is 18.1. The van der Waals surface area contributed by atoms with Gasteiger partial charge in [0.15, 0.2) is 0 Å². The third kappa shape index (κ3) is 6.00. The first-order valence-corrected chi connectivity index (χ1v) is 9.08. The second-order valence-electron chi connectivity index (χ2n) is 5.41. The molecule has 1 saturated heterocycles. The van der Waals surface area contributed by atoms with Gasteiger partial charge >= 0.3 is 5.97 Å². The van der Waals surface area contributed by atoms with Gasteiger partial charge in [0.05, 0.1) is 13.1 Å². The maximum absolute atomic E-state index is 12.2. The van der Waals surface area contributed by atoms with Crippen molar-refractivity contribution in [2.75, 3.05) is 31.6 Å². The van der Waals surface area contributed by atoms with Gasteiger partial charge in [-0.15, -0.1) is 0 Å². The van der Waals surface area contributed by atoms with Crippen molar-refractivity contribution in [3.05, 3.63) is 0 Å². The first kappa shape index (κ1) is 20.2. The molecule has 0 aromatic heterocycles. The molecule has 3 amide bonds. The van der Waals surface area contributed by atoms with E-state index in [1.807, 2.05) is 6.26 Å². The molecule has 2 atom stereocenters. The maximum atomic E-state index is 12.2. The van der Waals surface area contributed by atoms with Crippen molar-refractivity contribution < 1.29 is 24.3 Å². The van der Waals surface area contributed by atoms with E-state index in [9.17, 15) is 19.2 Å². The van der Waals surface area contributed by atoms with Gasteiger partial charge < -0.3 is 26.4 Å². The minimum absolute atomic E-state index is 0.226. The molecule has 0 spiro atoms. The number of amides is 3. The predicted molar refractivity (Wildman–Crippen MR) is 89.4 cm³/mol. The molecule has 24 heavy (non-hydrogen) atoms. The fourth-order valence-corrected chi connectivity index (χ4v) is 2.94. The van der Waals surface area contributed by atoms with E-state index < -0.39 is 35.8 Å². The third-order valence-corrected chi connectivity index (χ3v) is 4.36. The minimum atomic E-state index is -1.04. The molecule has 0 aromatic rings. The van der Waals surface area contributed by atoms with Gasteiger partial charge in [-0.2, -0.15) is 11.8 Å². The van der Waals surface area contributed by atoms with Crippen LogP contribution in [0.5, 0.6) is 0 Å². The Kier molecular flexibility index (Phi) is 8.55. The summed E-state index contributed by atoms with van der Waals surface area (Å²) < 4.78 is 0. The molecule has 10 heteroatoms. The Morgan fingerprint density at radius 2 is 2.08 bits per heavy atom. The number of carboxylic acids is 1. The van der Waals surface area contributed by atoms with E-state index in [4.69, 9.17) is 10.8 Å². The van der Waals surface area contributed by atoms with Crippen LogP contribution in [0.1, 0.15) is 19.3 Å². The summed E-state index contributed by atoms with van der Waals surface area (Å²) in [5.74, 6) is -1.76. The summed E-state index contributed by atoms with van der Waals surface area (Å²) in [5, 5.41) is 14.1. The molecule has 1 rings (SSSR count). The smallest absolute Gasteiger partial charge is 0.326 e. The minimum Gasteiger partial charge on any atom is -0.480 e. The molecule has 0 bridgehead atoms. The molecule has 0 aliphatic carbocycles. The summed E-state index contributed by atoms with van der Waals surface area (Å²) in [6.07, 6.45) is 3.33. The predicted octanol–water partition coefficient (Wildman–Crippen LogP) is -1.63. The van der Waals surface area contributed by atoms with Crippen LogP contribution in [-0.4, -0.2) is 77.4 Å². The van der Waals surface area contributed by atoms with Gasteiger partial charge in [0.25, 0.3) is 0 Å². The van der Waals surface area contributed by atoms with Crippen LogP contribution < -0.4 is 16.4 Å². The lowest BCUT2D eigenvalue weighted by Gasteiger charge is -2.22. The molecule has 0 radical (unpaired) electrons. The van der Waals surface area contributed by atoms with Crippen LogP contribution in [0.3, 0.4) is 0 Å².